The average molecular weight is 344 g/mol. The van der Waals surface area contributed by atoms with Gasteiger partial charge in [0.25, 0.3) is 5.91 Å². The third kappa shape index (κ3) is 3.48. The van der Waals surface area contributed by atoms with Gasteiger partial charge in [-0.05, 0) is 57.7 Å². The number of hydrogen-bond acceptors (Lipinski definition) is 4. The molecule has 0 aliphatic heterocycles. The maximum atomic E-state index is 12.7. The van der Waals surface area contributed by atoms with Gasteiger partial charge in [-0.3, -0.25) is 9.59 Å². The first kappa shape index (κ1) is 17.3. The molecule has 0 spiro atoms. The predicted molar refractivity (Wildman–Crippen MR) is 94.5 cm³/mol. The molecule has 0 radical (unpaired) electrons. The molecule has 1 saturated carbocycles. The molecule has 3 rings (SSSR count). The lowest BCUT2D eigenvalue weighted by Gasteiger charge is -2.25. The smallest absolute Gasteiger partial charge is 0.256 e. The summed E-state index contributed by atoms with van der Waals surface area (Å²) in [5, 5.41) is 3.33. The number of hydrogen-bond donors (Lipinski definition) is 2. The Balaban J connectivity index is 1.86. The minimum absolute atomic E-state index is 0.392. The van der Waals surface area contributed by atoms with Crippen LogP contribution in [-0.4, -0.2) is 24.0 Å². The van der Waals surface area contributed by atoms with Gasteiger partial charge in [-0.1, -0.05) is 6.42 Å². The second kappa shape index (κ2) is 6.43. The fourth-order valence-corrected chi connectivity index (χ4v) is 2.85. The summed E-state index contributed by atoms with van der Waals surface area (Å²) in [5.41, 5.74) is 5.20. The standard InChI is InChI=1S/C19H24N2O4/c1-11-16(17(22)21-19(2,3)18(20)23)14-9-13(7-8-15(14)25-11)24-10-12-5-4-6-12/h7-9,12H,4-6,10H2,1-3H3,(H2,20,23)(H,21,22). The van der Waals surface area contributed by atoms with Crippen molar-refractivity contribution < 1.29 is 18.7 Å². The molecule has 0 unspecified atom stereocenters. The summed E-state index contributed by atoms with van der Waals surface area (Å²) in [6, 6.07) is 5.46. The number of benzene rings is 1. The summed E-state index contributed by atoms with van der Waals surface area (Å²) >= 11 is 0. The summed E-state index contributed by atoms with van der Waals surface area (Å²) < 4.78 is 11.5. The summed E-state index contributed by atoms with van der Waals surface area (Å²) in [5.74, 6) is 0.834. The Labute approximate surface area is 146 Å². The summed E-state index contributed by atoms with van der Waals surface area (Å²) in [6.45, 7) is 5.55. The van der Waals surface area contributed by atoms with Crippen LogP contribution in [0.3, 0.4) is 0 Å². The van der Waals surface area contributed by atoms with Gasteiger partial charge in [0, 0.05) is 5.39 Å². The lowest BCUT2D eigenvalue weighted by Crippen LogP contribution is -2.53. The van der Waals surface area contributed by atoms with Crippen molar-refractivity contribution in [3.8, 4) is 5.75 Å². The number of primary amides is 1. The lowest BCUT2D eigenvalue weighted by atomic mass is 9.86. The van der Waals surface area contributed by atoms with Gasteiger partial charge in [0.2, 0.25) is 5.91 Å². The molecule has 0 bridgehead atoms. The van der Waals surface area contributed by atoms with E-state index in [9.17, 15) is 9.59 Å². The maximum absolute atomic E-state index is 12.7. The molecule has 1 fully saturated rings. The number of rotatable bonds is 6. The highest BCUT2D eigenvalue weighted by atomic mass is 16.5. The Kier molecular flexibility index (Phi) is 4.45. The molecule has 6 heteroatoms. The second-order valence-electron chi connectivity index (χ2n) is 7.24. The molecule has 0 atom stereocenters. The molecule has 2 amide bonds. The van der Waals surface area contributed by atoms with Gasteiger partial charge in [0.05, 0.1) is 12.2 Å². The van der Waals surface area contributed by atoms with Crippen molar-refractivity contribution in [1.29, 1.82) is 0 Å². The van der Waals surface area contributed by atoms with E-state index in [0.717, 1.165) is 0 Å². The Hall–Kier alpha value is -2.50. The number of nitrogens with one attached hydrogen (secondary N) is 1. The number of furan rings is 1. The van der Waals surface area contributed by atoms with Crippen LogP contribution < -0.4 is 15.8 Å². The van der Waals surface area contributed by atoms with E-state index in [2.05, 4.69) is 5.32 Å². The molecule has 6 nitrogen and oxygen atoms in total. The van der Waals surface area contributed by atoms with Gasteiger partial charge in [-0.25, -0.2) is 0 Å². The van der Waals surface area contributed by atoms with Crippen LogP contribution in [0, 0.1) is 12.8 Å². The van der Waals surface area contributed by atoms with E-state index in [1.54, 1.807) is 26.8 Å². The highest BCUT2D eigenvalue weighted by Crippen LogP contribution is 2.31. The van der Waals surface area contributed by atoms with Gasteiger partial charge < -0.3 is 20.2 Å². The number of fused-ring (bicyclic) bond motifs is 1. The van der Waals surface area contributed by atoms with E-state index >= 15 is 0 Å². The third-order valence-electron chi connectivity index (χ3n) is 4.82. The molecule has 0 saturated heterocycles. The third-order valence-corrected chi connectivity index (χ3v) is 4.82. The van der Waals surface area contributed by atoms with Crippen LogP contribution in [0.25, 0.3) is 11.0 Å². The number of carbonyl (C=O) groups is 2. The largest absolute Gasteiger partial charge is 0.493 e. The number of carbonyl (C=O) groups excluding carboxylic acids is 2. The minimum Gasteiger partial charge on any atom is -0.493 e. The number of aryl methyl sites for hydroxylation is 1. The van der Waals surface area contributed by atoms with E-state index in [4.69, 9.17) is 14.9 Å². The first-order valence-electron chi connectivity index (χ1n) is 8.56. The first-order chi connectivity index (χ1) is 11.8. The maximum Gasteiger partial charge on any atom is 0.256 e. The van der Waals surface area contributed by atoms with Crippen LogP contribution in [0.4, 0.5) is 0 Å². The van der Waals surface area contributed by atoms with Crippen molar-refractivity contribution in [3.05, 3.63) is 29.5 Å². The van der Waals surface area contributed by atoms with Crippen molar-refractivity contribution in [2.75, 3.05) is 6.61 Å². The summed E-state index contributed by atoms with van der Waals surface area (Å²) in [6.07, 6.45) is 3.69. The summed E-state index contributed by atoms with van der Waals surface area (Å²) in [7, 11) is 0. The van der Waals surface area contributed by atoms with Crippen molar-refractivity contribution >= 4 is 22.8 Å². The van der Waals surface area contributed by atoms with E-state index in [1.165, 1.54) is 19.3 Å². The molecule has 1 aromatic carbocycles. The molecular formula is C19H24N2O4. The Bertz CT molecular complexity index is 818. The highest BCUT2D eigenvalue weighted by Gasteiger charge is 2.30. The predicted octanol–water partition coefficient (Wildman–Crippen LogP) is 2.91. The molecule has 1 heterocycles. The molecule has 134 valence electrons. The van der Waals surface area contributed by atoms with Crippen molar-refractivity contribution in [1.82, 2.24) is 5.32 Å². The summed E-state index contributed by atoms with van der Waals surface area (Å²) in [4.78, 5) is 24.1. The topological polar surface area (TPSA) is 94.6 Å². The number of ether oxygens (including phenoxy) is 1. The Morgan fingerprint density at radius 1 is 1.36 bits per heavy atom. The monoisotopic (exact) mass is 344 g/mol. The quantitative estimate of drug-likeness (QED) is 0.842. The first-order valence-corrected chi connectivity index (χ1v) is 8.56. The van der Waals surface area contributed by atoms with E-state index in [0.29, 0.717) is 40.6 Å². The molecular weight excluding hydrogens is 320 g/mol. The lowest BCUT2D eigenvalue weighted by molar-refractivity contribution is -0.122. The van der Waals surface area contributed by atoms with E-state index in [1.807, 2.05) is 12.1 Å². The zero-order valence-corrected chi connectivity index (χ0v) is 14.8. The van der Waals surface area contributed by atoms with Crippen molar-refractivity contribution in [2.24, 2.45) is 11.7 Å². The molecule has 1 aromatic heterocycles. The molecule has 25 heavy (non-hydrogen) atoms. The van der Waals surface area contributed by atoms with Crippen molar-refractivity contribution in [3.63, 3.8) is 0 Å². The van der Waals surface area contributed by atoms with E-state index in [-0.39, 0.29) is 0 Å². The minimum atomic E-state index is -1.15. The zero-order valence-electron chi connectivity index (χ0n) is 14.8. The van der Waals surface area contributed by atoms with Gasteiger partial charge in [0.15, 0.2) is 0 Å². The normalized spacial score (nSPS) is 15.0. The highest BCUT2D eigenvalue weighted by molar-refractivity contribution is 6.09. The fraction of sp³-hybridized carbons (Fsp3) is 0.474. The Morgan fingerprint density at radius 3 is 2.68 bits per heavy atom. The van der Waals surface area contributed by atoms with Gasteiger partial charge in [-0.15, -0.1) is 0 Å². The molecule has 2 aromatic rings. The van der Waals surface area contributed by atoms with Crippen LogP contribution in [0.2, 0.25) is 0 Å². The van der Waals surface area contributed by atoms with Crippen LogP contribution in [-0.2, 0) is 4.79 Å². The van der Waals surface area contributed by atoms with Gasteiger partial charge in [0.1, 0.15) is 22.6 Å². The van der Waals surface area contributed by atoms with Crippen LogP contribution in [0.5, 0.6) is 5.75 Å². The number of nitrogens with two attached hydrogens (primary N) is 1. The van der Waals surface area contributed by atoms with Gasteiger partial charge in [-0.2, -0.15) is 0 Å². The average Bonchev–Trinajstić information content (AvgIpc) is 2.80. The fourth-order valence-electron chi connectivity index (χ4n) is 2.85. The number of amides is 2. The Morgan fingerprint density at radius 2 is 2.08 bits per heavy atom. The van der Waals surface area contributed by atoms with Gasteiger partial charge >= 0.3 is 0 Å². The van der Waals surface area contributed by atoms with Crippen molar-refractivity contribution in [2.45, 2.75) is 45.6 Å². The molecule has 3 N–H and O–H groups in total. The van der Waals surface area contributed by atoms with E-state index < -0.39 is 17.4 Å². The second-order valence-corrected chi connectivity index (χ2v) is 7.24. The zero-order chi connectivity index (χ0) is 18.2. The molecule has 1 aliphatic rings. The van der Waals surface area contributed by atoms with Crippen LogP contribution in [0.15, 0.2) is 22.6 Å². The van der Waals surface area contributed by atoms with Crippen LogP contribution >= 0.6 is 0 Å². The van der Waals surface area contributed by atoms with Crippen LogP contribution in [0.1, 0.15) is 49.2 Å². The SMILES string of the molecule is Cc1oc2ccc(OCC3CCC3)cc2c1C(=O)NC(C)(C)C(N)=O. The molecule has 1 aliphatic carbocycles.